The van der Waals surface area contributed by atoms with Gasteiger partial charge in [-0.3, -0.25) is 0 Å². The monoisotopic (exact) mass is 462 g/mol. The van der Waals surface area contributed by atoms with Crippen LogP contribution in [0.2, 0.25) is 0 Å². The summed E-state index contributed by atoms with van der Waals surface area (Å²) < 4.78 is 7.96. The van der Waals surface area contributed by atoms with Crippen LogP contribution in [-0.4, -0.2) is 6.61 Å². The third-order valence-corrected chi connectivity index (χ3v) is 6.25. The topological polar surface area (TPSA) is 13.1 Å². The Balaban J connectivity index is 1.73. The lowest BCUT2D eigenvalue weighted by Crippen LogP contribution is -2.31. The van der Waals surface area contributed by atoms with Crippen molar-refractivity contribution < 1.29 is 9.30 Å². The van der Waals surface area contributed by atoms with E-state index in [1.807, 2.05) is 12.1 Å². The zero-order valence-electron chi connectivity index (χ0n) is 21.6. The first kappa shape index (κ1) is 24.5. The van der Waals surface area contributed by atoms with Crippen molar-refractivity contribution in [3.63, 3.8) is 0 Å². The number of aromatic nitrogens is 1. The molecule has 0 amide bonds. The molecule has 0 radical (unpaired) electrons. The normalized spacial score (nSPS) is 11.7. The van der Waals surface area contributed by atoms with Gasteiger partial charge in [0.2, 0.25) is 5.69 Å². The predicted octanol–water partition coefficient (Wildman–Crippen LogP) is 8.10. The summed E-state index contributed by atoms with van der Waals surface area (Å²) in [4.78, 5) is 0. The molecule has 0 spiro atoms. The first-order chi connectivity index (χ1) is 16.8. The van der Waals surface area contributed by atoms with Crippen molar-refractivity contribution in [3.8, 4) is 28.1 Å². The molecule has 0 saturated heterocycles. The molecule has 2 nitrogen and oxygen atoms in total. The number of pyridine rings is 1. The van der Waals surface area contributed by atoms with Crippen LogP contribution in [0.5, 0.6) is 5.75 Å². The summed E-state index contributed by atoms with van der Waals surface area (Å²) in [6.45, 7) is 9.62. The van der Waals surface area contributed by atoms with Crippen LogP contribution in [-0.2, 0) is 12.5 Å². The Kier molecular flexibility index (Phi) is 7.51. The molecule has 0 bridgehead atoms. The highest BCUT2D eigenvalue weighted by atomic mass is 16.5. The maximum Gasteiger partial charge on any atom is 0.212 e. The highest BCUT2D eigenvalue weighted by Crippen LogP contribution is 2.29. The van der Waals surface area contributed by atoms with E-state index in [2.05, 4.69) is 130 Å². The number of benzene rings is 3. The van der Waals surface area contributed by atoms with Gasteiger partial charge in [-0.05, 0) is 58.4 Å². The van der Waals surface area contributed by atoms with Crippen LogP contribution < -0.4 is 9.30 Å². The van der Waals surface area contributed by atoms with Gasteiger partial charge < -0.3 is 4.74 Å². The SMILES string of the molecule is CCCOc1ccc(/C=C/c2cc(-c3ccc(C(C)(C)C)cc3)[n+](C)cc2-c2ccccc2)cc1. The molecule has 0 unspecified atom stereocenters. The number of nitrogens with zero attached hydrogens (tertiary/aromatic N) is 1. The third-order valence-electron chi connectivity index (χ3n) is 6.25. The highest BCUT2D eigenvalue weighted by molar-refractivity contribution is 5.81. The smallest absolute Gasteiger partial charge is 0.212 e. The second-order valence-corrected chi connectivity index (χ2v) is 10.1. The molecule has 4 aromatic rings. The second kappa shape index (κ2) is 10.7. The van der Waals surface area contributed by atoms with Crippen molar-refractivity contribution in [2.45, 2.75) is 39.5 Å². The molecule has 4 rings (SSSR count). The lowest BCUT2D eigenvalue weighted by Gasteiger charge is -2.19. The Morgan fingerprint density at radius 1 is 0.800 bits per heavy atom. The highest BCUT2D eigenvalue weighted by Gasteiger charge is 2.18. The van der Waals surface area contributed by atoms with Gasteiger partial charge in [0, 0.05) is 11.6 Å². The molecule has 0 N–H and O–H groups in total. The van der Waals surface area contributed by atoms with Gasteiger partial charge in [-0.15, -0.1) is 0 Å². The largest absolute Gasteiger partial charge is 0.494 e. The van der Waals surface area contributed by atoms with E-state index in [0.29, 0.717) is 0 Å². The van der Waals surface area contributed by atoms with Gasteiger partial charge in [0.15, 0.2) is 6.20 Å². The lowest BCUT2D eigenvalue weighted by molar-refractivity contribution is -0.659. The lowest BCUT2D eigenvalue weighted by atomic mass is 9.86. The molecule has 0 saturated carbocycles. The Morgan fingerprint density at radius 2 is 1.49 bits per heavy atom. The van der Waals surface area contributed by atoms with Gasteiger partial charge in [0.25, 0.3) is 0 Å². The van der Waals surface area contributed by atoms with Crippen LogP contribution in [0.3, 0.4) is 0 Å². The van der Waals surface area contributed by atoms with Crippen molar-refractivity contribution in [1.82, 2.24) is 0 Å². The standard InChI is InChI=1S/C33H36NO/c1-6-22-35-30-20-13-25(14-21-30)12-15-28-23-32(27-16-18-29(19-17-27)33(2,3)4)34(5)24-31(28)26-10-8-7-9-11-26/h7-21,23-24H,6,22H2,1-5H3/q+1/b15-12+. The molecule has 0 aliphatic carbocycles. The fourth-order valence-corrected chi connectivity index (χ4v) is 4.17. The first-order valence-corrected chi connectivity index (χ1v) is 12.5. The molecule has 1 aromatic heterocycles. The van der Waals surface area contributed by atoms with Crippen LogP contribution in [0, 0.1) is 0 Å². The fourth-order valence-electron chi connectivity index (χ4n) is 4.17. The van der Waals surface area contributed by atoms with E-state index in [9.17, 15) is 0 Å². The minimum absolute atomic E-state index is 0.142. The molecule has 0 atom stereocenters. The van der Waals surface area contributed by atoms with E-state index in [1.54, 1.807) is 0 Å². The first-order valence-electron chi connectivity index (χ1n) is 12.5. The zero-order valence-corrected chi connectivity index (χ0v) is 21.6. The summed E-state index contributed by atoms with van der Waals surface area (Å²) in [5.41, 5.74) is 8.65. The van der Waals surface area contributed by atoms with E-state index < -0.39 is 0 Å². The molecule has 3 aromatic carbocycles. The molecule has 2 heteroatoms. The molecule has 178 valence electrons. The molecular weight excluding hydrogens is 426 g/mol. The van der Waals surface area contributed by atoms with Gasteiger partial charge in [-0.1, -0.05) is 94.4 Å². The van der Waals surface area contributed by atoms with E-state index in [1.165, 1.54) is 33.5 Å². The number of hydrogen-bond donors (Lipinski definition) is 0. The summed E-state index contributed by atoms with van der Waals surface area (Å²) >= 11 is 0. The van der Waals surface area contributed by atoms with Crippen LogP contribution in [0.1, 0.15) is 50.8 Å². The summed E-state index contributed by atoms with van der Waals surface area (Å²) in [6, 6.07) is 30.2. The maximum atomic E-state index is 5.73. The Hall–Kier alpha value is -3.65. The minimum Gasteiger partial charge on any atom is -0.494 e. The van der Waals surface area contributed by atoms with Gasteiger partial charge in [-0.25, -0.2) is 4.57 Å². The van der Waals surface area contributed by atoms with Crippen molar-refractivity contribution >= 4 is 12.2 Å². The van der Waals surface area contributed by atoms with Crippen LogP contribution in [0.15, 0.2) is 91.1 Å². The average Bonchev–Trinajstić information content (AvgIpc) is 2.87. The average molecular weight is 463 g/mol. The molecular formula is C33H36NO+. The van der Waals surface area contributed by atoms with Crippen LogP contribution in [0.25, 0.3) is 34.5 Å². The van der Waals surface area contributed by atoms with E-state index in [0.717, 1.165) is 24.3 Å². The van der Waals surface area contributed by atoms with Crippen molar-refractivity contribution in [2.75, 3.05) is 6.61 Å². The quantitative estimate of drug-likeness (QED) is 0.253. The van der Waals surface area contributed by atoms with E-state index in [4.69, 9.17) is 4.74 Å². The van der Waals surface area contributed by atoms with Crippen molar-refractivity contribution in [2.24, 2.45) is 7.05 Å². The third kappa shape index (κ3) is 6.08. The summed E-state index contributed by atoms with van der Waals surface area (Å²) in [5, 5.41) is 0. The fraction of sp³-hybridized carbons (Fsp3) is 0.242. The molecule has 0 aliphatic heterocycles. The minimum atomic E-state index is 0.142. The Morgan fingerprint density at radius 3 is 2.11 bits per heavy atom. The number of aryl methyl sites for hydroxylation is 1. The van der Waals surface area contributed by atoms with E-state index >= 15 is 0 Å². The van der Waals surface area contributed by atoms with Crippen LogP contribution in [0.4, 0.5) is 0 Å². The molecule has 0 aliphatic rings. The molecule has 1 heterocycles. The maximum absolute atomic E-state index is 5.73. The summed E-state index contributed by atoms with van der Waals surface area (Å²) in [5.74, 6) is 0.918. The van der Waals surface area contributed by atoms with Gasteiger partial charge in [0.1, 0.15) is 12.8 Å². The molecule has 0 fully saturated rings. The van der Waals surface area contributed by atoms with Crippen LogP contribution >= 0.6 is 0 Å². The summed E-state index contributed by atoms with van der Waals surface area (Å²) in [6.07, 6.45) is 7.65. The number of hydrogen-bond acceptors (Lipinski definition) is 1. The van der Waals surface area contributed by atoms with Crippen molar-refractivity contribution in [1.29, 1.82) is 0 Å². The second-order valence-electron chi connectivity index (χ2n) is 10.1. The Labute approximate surface area is 210 Å². The van der Waals surface area contributed by atoms with E-state index in [-0.39, 0.29) is 5.41 Å². The number of rotatable bonds is 7. The van der Waals surface area contributed by atoms with Crippen molar-refractivity contribution in [3.05, 3.63) is 108 Å². The zero-order chi connectivity index (χ0) is 24.8. The predicted molar refractivity (Wildman–Crippen MR) is 148 cm³/mol. The Bertz CT molecular complexity index is 1280. The van der Waals surface area contributed by atoms with Gasteiger partial charge in [-0.2, -0.15) is 0 Å². The molecule has 35 heavy (non-hydrogen) atoms. The van der Waals surface area contributed by atoms with Gasteiger partial charge >= 0.3 is 0 Å². The number of ether oxygens (including phenoxy) is 1. The summed E-state index contributed by atoms with van der Waals surface area (Å²) in [7, 11) is 2.13. The van der Waals surface area contributed by atoms with Gasteiger partial charge in [0.05, 0.1) is 12.2 Å².